The molecule has 4 nitrogen and oxygen atoms in total. The SMILES string of the molecule is CCCC[Si]1([Si]2(Cl)N(C(C)(C)C)CCN2C(C)(C)C)N(C(C)(C)C)CCN1C(C)(C)C. The topological polar surface area (TPSA) is 13.0 Å². The van der Waals surface area contributed by atoms with Crippen molar-refractivity contribution < 1.29 is 0 Å². The first-order chi connectivity index (χ1) is 13.8. The van der Waals surface area contributed by atoms with Crippen LogP contribution in [0.5, 0.6) is 0 Å². The van der Waals surface area contributed by atoms with E-state index in [2.05, 4.69) is 108 Å². The Kier molecular flexibility index (Phi) is 7.76. The lowest BCUT2D eigenvalue weighted by Crippen LogP contribution is -2.88. The van der Waals surface area contributed by atoms with Crippen LogP contribution in [0.3, 0.4) is 0 Å². The van der Waals surface area contributed by atoms with E-state index in [1.54, 1.807) is 0 Å². The smallest absolute Gasteiger partial charge is 0.305 e. The van der Waals surface area contributed by atoms with Crippen molar-refractivity contribution in [3.05, 3.63) is 0 Å². The highest BCUT2D eigenvalue weighted by molar-refractivity contribution is 7.56. The van der Waals surface area contributed by atoms with Gasteiger partial charge >= 0.3 is 7.22 Å². The number of halogens is 1. The van der Waals surface area contributed by atoms with Crippen LogP contribution in [0.1, 0.15) is 103 Å². The molecule has 2 aliphatic rings. The Hall–Kier alpha value is 0.564. The zero-order valence-electron chi connectivity index (χ0n) is 23.1. The fraction of sp³-hybridized carbons (Fsp3) is 1.00. The van der Waals surface area contributed by atoms with Crippen LogP contribution in [-0.2, 0) is 0 Å². The third-order valence-corrected chi connectivity index (χ3v) is 27.2. The van der Waals surface area contributed by atoms with Crippen LogP contribution in [0.4, 0.5) is 0 Å². The molecule has 0 bridgehead atoms. The van der Waals surface area contributed by atoms with Crippen molar-refractivity contribution >= 4 is 26.2 Å². The van der Waals surface area contributed by atoms with Crippen LogP contribution in [0.25, 0.3) is 0 Å². The molecule has 31 heavy (non-hydrogen) atoms. The molecule has 0 spiro atoms. The van der Waals surface area contributed by atoms with E-state index in [1.807, 2.05) is 0 Å². The maximum Gasteiger partial charge on any atom is 0.326 e. The second kappa shape index (κ2) is 8.65. The number of rotatable bonds is 4. The van der Waals surface area contributed by atoms with E-state index in [9.17, 15) is 0 Å². The molecule has 0 aromatic rings. The highest BCUT2D eigenvalue weighted by Crippen LogP contribution is 2.52. The Morgan fingerprint density at radius 1 is 0.581 bits per heavy atom. The van der Waals surface area contributed by atoms with Crippen LogP contribution < -0.4 is 0 Å². The monoisotopic (exact) mass is 488 g/mol. The zero-order chi connectivity index (χ0) is 24.3. The molecule has 0 saturated carbocycles. The summed E-state index contributed by atoms with van der Waals surface area (Å²) in [5.41, 5.74) is 0.362. The van der Waals surface area contributed by atoms with Crippen molar-refractivity contribution in [3.63, 3.8) is 0 Å². The summed E-state index contributed by atoms with van der Waals surface area (Å²) in [4.78, 5) is 0. The molecule has 2 heterocycles. The number of hydrogen-bond donors (Lipinski definition) is 0. The highest BCUT2D eigenvalue weighted by Gasteiger charge is 2.76. The molecule has 0 radical (unpaired) electrons. The standard InChI is InChI=1S/C24H53ClN4Si2/c1-14-15-20-30(26(21(2,3)4)16-17-27(30)22(5,6)7)31(25)28(23(8,9)10)18-19-29(31)24(11,12)13/h14-20H2,1-13H3. The molecular formula is C24H53ClN4Si2. The number of unbranched alkanes of at least 4 members (excludes halogenated alkanes) is 1. The van der Waals surface area contributed by atoms with Gasteiger partial charge in [-0.15, -0.1) is 11.1 Å². The quantitative estimate of drug-likeness (QED) is 0.360. The molecule has 0 aliphatic carbocycles. The minimum absolute atomic E-state index is 0.0654. The zero-order valence-corrected chi connectivity index (χ0v) is 25.9. The Morgan fingerprint density at radius 3 is 1.13 bits per heavy atom. The summed E-state index contributed by atoms with van der Waals surface area (Å²) in [5, 5.41) is 0. The summed E-state index contributed by atoms with van der Waals surface area (Å²) in [6.45, 7) is 35.8. The first-order valence-corrected chi connectivity index (χ1v) is 18.6. The number of nitrogens with zero attached hydrogens (tertiary/aromatic N) is 4. The molecule has 184 valence electrons. The van der Waals surface area contributed by atoms with Crippen molar-refractivity contribution in [2.45, 2.75) is 131 Å². The van der Waals surface area contributed by atoms with E-state index < -0.39 is 15.1 Å². The second-order valence-electron chi connectivity index (χ2n) is 13.8. The maximum absolute atomic E-state index is 8.44. The molecule has 0 aromatic carbocycles. The van der Waals surface area contributed by atoms with Gasteiger partial charge in [-0.2, -0.15) is 0 Å². The van der Waals surface area contributed by atoms with Gasteiger partial charge < -0.3 is 9.13 Å². The Bertz CT molecular complexity index is 583. The predicted molar refractivity (Wildman–Crippen MR) is 143 cm³/mol. The Labute approximate surface area is 201 Å². The van der Waals surface area contributed by atoms with E-state index in [4.69, 9.17) is 11.1 Å². The molecule has 0 amide bonds. The van der Waals surface area contributed by atoms with Crippen LogP contribution >= 0.6 is 11.1 Å². The summed E-state index contributed by atoms with van der Waals surface area (Å²) in [6.07, 6.45) is 2.50. The predicted octanol–water partition coefficient (Wildman–Crippen LogP) is 5.91. The molecule has 2 fully saturated rings. The molecule has 0 atom stereocenters. The summed E-state index contributed by atoms with van der Waals surface area (Å²) in [7, 11) is -4.88. The lowest BCUT2D eigenvalue weighted by Gasteiger charge is -2.62. The molecule has 0 N–H and O–H groups in total. The van der Waals surface area contributed by atoms with Crippen LogP contribution in [-0.4, -0.2) is 81.7 Å². The summed E-state index contributed by atoms with van der Waals surface area (Å²) in [6, 6.07) is 1.27. The van der Waals surface area contributed by atoms with Crippen molar-refractivity contribution in [2.75, 3.05) is 26.2 Å². The van der Waals surface area contributed by atoms with Crippen LogP contribution in [0, 0.1) is 0 Å². The van der Waals surface area contributed by atoms with Gasteiger partial charge in [0.15, 0.2) is 0 Å². The van der Waals surface area contributed by atoms with Crippen molar-refractivity contribution in [1.82, 2.24) is 18.3 Å². The third-order valence-electron chi connectivity index (χ3n) is 7.33. The van der Waals surface area contributed by atoms with Gasteiger partial charge in [-0.3, -0.25) is 9.13 Å². The lowest BCUT2D eigenvalue weighted by atomic mass is 10.1. The fourth-order valence-corrected chi connectivity index (χ4v) is 32.1. The van der Waals surface area contributed by atoms with E-state index in [-0.39, 0.29) is 22.2 Å². The minimum atomic E-state index is -2.59. The fourth-order valence-electron chi connectivity index (χ4n) is 6.33. The minimum Gasteiger partial charge on any atom is -0.305 e. The molecule has 2 saturated heterocycles. The highest BCUT2D eigenvalue weighted by atomic mass is 35.6. The molecule has 7 heteroatoms. The normalized spacial score (nSPS) is 25.0. The van der Waals surface area contributed by atoms with Crippen LogP contribution in [0.2, 0.25) is 6.04 Å². The molecule has 0 unspecified atom stereocenters. The summed E-state index contributed by atoms with van der Waals surface area (Å²) < 4.78 is 11.6. The van der Waals surface area contributed by atoms with Crippen molar-refractivity contribution in [3.8, 4) is 0 Å². The van der Waals surface area contributed by atoms with E-state index in [1.165, 1.54) is 18.9 Å². The van der Waals surface area contributed by atoms with E-state index >= 15 is 0 Å². The Morgan fingerprint density at radius 2 is 0.871 bits per heavy atom. The molecule has 0 aromatic heterocycles. The first-order valence-electron chi connectivity index (χ1n) is 12.6. The van der Waals surface area contributed by atoms with Gasteiger partial charge in [0.1, 0.15) is 0 Å². The number of hydrogen-bond acceptors (Lipinski definition) is 4. The summed E-state index contributed by atoms with van der Waals surface area (Å²) in [5.74, 6) is 0. The van der Waals surface area contributed by atoms with Gasteiger partial charge in [-0.1, -0.05) is 19.8 Å². The average molecular weight is 489 g/mol. The van der Waals surface area contributed by atoms with E-state index in [0.29, 0.717) is 0 Å². The Balaban J connectivity index is 2.93. The van der Waals surface area contributed by atoms with Gasteiger partial charge in [-0.25, -0.2) is 0 Å². The second-order valence-corrected chi connectivity index (χ2v) is 26.3. The molecule has 2 aliphatic heterocycles. The molecular weight excluding hydrogens is 436 g/mol. The van der Waals surface area contributed by atoms with E-state index in [0.717, 1.165) is 26.2 Å². The lowest BCUT2D eigenvalue weighted by molar-refractivity contribution is 0.230. The third kappa shape index (κ3) is 4.74. The average Bonchev–Trinajstić information content (AvgIpc) is 3.11. The van der Waals surface area contributed by atoms with Crippen molar-refractivity contribution in [2.24, 2.45) is 0 Å². The van der Waals surface area contributed by atoms with Crippen molar-refractivity contribution in [1.29, 1.82) is 0 Å². The van der Waals surface area contributed by atoms with Gasteiger partial charge in [0.05, 0.1) is 0 Å². The van der Waals surface area contributed by atoms with Crippen LogP contribution in [0.15, 0.2) is 0 Å². The largest absolute Gasteiger partial charge is 0.326 e. The van der Waals surface area contributed by atoms with Gasteiger partial charge in [-0.05, 0) is 89.1 Å². The first kappa shape index (κ1) is 27.8. The van der Waals surface area contributed by atoms with Gasteiger partial charge in [0.25, 0.3) is 0 Å². The maximum atomic E-state index is 8.44. The molecule has 2 rings (SSSR count). The van der Waals surface area contributed by atoms with Gasteiger partial charge in [0, 0.05) is 48.3 Å². The van der Waals surface area contributed by atoms with Gasteiger partial charge in [0.2, 0.25) is 7.91 Å². The summed E-state index contributed by atoms with van der Waals surface area (Å²) >= 11 is 8.44.